The van der Waals surface area contributed by atoms with Gasteiger partial charge in [-0.25, -0.2) is 0 Å². The van der Waals surface area contributed by atoms with E-state index in [9.17, 15) is 0 Å². The average Bonchev–Trinajstić information content (AvgIpc) is 2.55. The number of likely N-dealkylation sites (tertiary alicyclic amines) is 1. The lowest BCUT2D eigenvalue weighted by Crippen LogP contribution is -2.46. The molecule has 0 saturated carbocycles. The summed E-state index contributed by atoms with van der Waals surface area (Å²) >= 11 is 1.83. The molecule has 0 radical (unpaired) electrons. The molecule has 3 nitrogen and oxygen atoms in total. The maximum absolute atomic E-state index is 2.63. The Labute approximate surface area is 147 Å². The fourth-order valence-corrected chi connectivity index (χ4v) is 3.87. The smallest absolute Gasteiger partial charge is 0.0234 e. The van der Waals surface area contributed by atoms with Crippen LogP contribution >= 0.6 is 11.8 Å². The Bertz CT molecular complexity index is 464. The SMILES string of the molecule is CSc1cccc(CN2CCCC(N(C)CCCN(C)C)C2)c1. The predicted octanol–water partition coefficient (Wildman–Crippen LogP) is 3.26. The molecular weight excluding hydrogens is 302 g/mol. The van der Waals surface area contributed by atoms with Gasteiger partial charge in [-0.15, -0.1) is 11.8 Å². The molecule has 0 N–H and O–H groups in total. The maximum atomic E-state index is 2.63. The van der Waals surface area contributed by atoms with E-state index in [4.69, 9.17) is 0 Å². The van der Waals surface area contributed by atoms with Gasteiger partial charge in [0, 0.05) is 24.0 Å². The van der Waals surface area contributed by atoms with Crippen molar-refractivity contribution in [2.45, 2.75) is 36.7 Å². The van der Waals surface area contributed by atoms with Gasteiger partial charge >= 0.3 is 0 Å². The van der Waals surface area contributed by atoms with Crippen molar-refractivity contribution in [1.82, 2.24) is 14.7 Å². The van der Waals surface area contributed by atoms with Crippen molar-refractivity contribution in [2.75, 3.05) is 53.6 Å². The molecule has 1 unspecified atom stereocenters. The van der Waals surface area contributed by atoms with E-state index in [-0.39, 0.29) is 0 Å². The van der Waals surface area contributed by atoms with Crippen LogP contribution in [0.5, 0.6) is 0 Å². The van der Waals surface area contributed by atoms with Crippen molar-refractivity contribution in [1.29, 1.82) is 0 Å². The zero-order valence-electron chi connectivity index (χ0n) is 15.3. The topological polar surface area (TPSA) is 9.72 Å². The zero-order valence-corrected chi connectivity index (χ0v) is 16.1. The van der Waals surface area contributed by atoms with Crippen LogP contribution in [0.2, 0.25) is 0 Å². The number of thioether (sulfide) groups is 1. The van der Waals surface area contributed by atoms with Gasteiger partial charge in [0.15, 0.2) is 0 Å². The summed E-state index contributed by atoms with van der Waals surface area (Å²) in [6, 6.07) is 9.72. The number of likely N-dealkylation sites (N-methyl/N-ethyl adjacent to an activating group) is 1. The monoisotopic (exact) mass is 335 g/mol. The molecule has 0 bridgehead atoms. The molecule has 0 aromatic heterocycles. The second-order valence-corrected chi connectivity index (χ2v) is 7.90. The van der Waals surface area contributed by atoms with E-state index < -0.39 is 0 Å². The van der Waals surface area contributed by atoms with Crippen LogP contribution in [0.1, 0.15) is 24.8 Å². The first kappa shape index (κ1) is 18.8. The Morgan fingerprint density at radius 2 is 2.04 bits per heavy atom. The zero-order chi connectivity index (χ0) is 16.7. The van der Waals surface area contributed by atoms with Gasteiger partial charge in [-0.2, -0.15) is 0 Å². The summed E-state index contributed by atoms with van der Waals surface area (Å²) < 4.78 is 0. The Hall–Kier alpha value is -0.550. The molecular formula is C19H33N3S. The molecule has 1 saturated heterocycles. The first-order chi connectivity index (χ1) is 11.1. The van der Waals surface area contributed by atoms with Gasteiger partial charge in [0.1, 0.15) is 0 Å². The van der Waals surface area contributed by atoms with E-state index in [0.717, 1.165) is 12.6 Å². The largest absolute Gasteiger partial charge is 0.309 e. The van der Waals surface area contributed by atoms with Crippen molar-refractivity contribution < 1.29 is 0 Å². The van der Waals surface area contributed by atoms with Crippen molar-refractivity contribution in [3.8, 4) is 0 Å². The van der Waals surface area contributed by atoms with Gasteiger partial charge in [-0.3, -0.25) is 4.90 Å². The van der Waals surface area contributed by atoms with E-state index in [0.29, 0.717) is 0 Å². The van der Waals surface area contributed by atoms with Crippen LogP contribution in [-0.4, -0.2) is 74.3 Å². The predicted molar refractivity (Wildman–Crippen MR) is 102 cm³/mol. The van der Waals surface area contributed by atoms with Crippen LogP contribution in [0.15, 0.2) is 29.2 Å². The second-order valence-electron chi connectivity index (χ2n) is 7.02. The molecule has 0 amide bonds. The van der Waals surface area contributed by atoms with Gasteiger partial charge in [-0.05, 0) is 84.0 Å². The van der Waals surface area contributed by atoms with Gasteiger partial charge in [0.25, 0.3) is 0 Å². The van der Waals surface area contributed by atoms with Gasteiger partial charge in [-0.1, -0.05) is 12.1 Å². The van der Waals surface area contributed by atoms with Crippen molar-refractivity contribution in [2.24, 2.45) is 0 Å². The molecule has 0 aliphatic carbocycles. The van der Waals surface area contributed by atoms with Crippen LogP contribution in [-0.2, 0) is 6.54 Å². The lowest BCUT2D eigenvalue weighted by atomic mass is 10.0. The van der Waals surface area contributed by atoms with E-state index in [1.807, 2.05) is 11.8 Å². The Kier molecular flexibility index (Phi) is 7.90. The summed E-state index contributed by atoms with van der Waals surface area (Å²) in [5.41, 5.74) is 1.45. The summed E-state index contributed by atoms with van der Waals surface area (Å²) in [5, 5.41) is 0. The van der Waals surface area contributed by atoms with Crippen molar-refractivity contribution in [3.05, 3.63) is 29.8 Å². The lowest BCUT2D eigenvalue weighted by Gasteiger charge is -2.38. The fourth-order valence-electron chi connectivity index (χ4n) is 3.38. The van der Waals surface area contributed by atoms with Crippen LogP contribution in [0.4, 0.5) is 0 Å². The highest BCUT2D eigenvalue weighted by atomic mass is 32.2. The summed E-state index contributed by atoms with van der Waals surface area (Å²) in [5.74, 6) is 0. The third-order valence-electron chi connectivity index (χ3n) is 4.76. The molecule has 1 aliphatic rings. The van der Waals surface area contributed by atoms with E-state index in [1.165, 1.54) is 55.9 Å². The fraction of sp³-hybridized carbons (Fsp3) is 0.684. The Morgan fingerprint density at radius 3 is 2.78 bits per heavy atom. The number of hydrogen-bond acceptors (Lipinski definition) is 4. The number of benzene rings is 1. The first-order valence-corrected chi connectivity index (χ1v) is 10.0. The molecule has 2 rings (SSSR count). The van der Waals surface area contributed by atoms with Crippen LogP contribution in [0.25, 0.3) is 0 Å². The summed E-state index contributed by atoms with van der Waals surface area (Å²) in [6.45, 7) is 5.94. The van der Waals surface area contributed by atoms with E-state index in [2.05, 4.69) is 66.4 Å². The molecule has 4 heteroatoms. The third-order valence-corrected chi connectivity index (χ3v) is 5.49. The Morgan fingerprint density at radius 1 is 1.22 bits per heavy atom. The number of nitrogens with zero attached hydrogens (tertiary/aromatic N) is 3. The number of hydrogen-bond donors (Lipinski definition) is 0. The van der Waals surface area contributed by atoms with Crippen molar-refractivity contribution >= 4 is 11.8 Å². The summed E-state index contributed by atoms with van der Waals surface area (Å²) in [7, 11) is 6.62. The van der Waals surface area contributed by atoms with Crippen LogP contribution < -0.4 is 0 Å². The standard InChI is InChI=1S/C19H33N3S/c1-20(2)11-7-12-21(3)18-9-6-13-22(16-18)15-17-8-5-10-19(14-17)23-4/h5,8,10,14,18H,6-7,9,11-13,15-16H2,1-4H3. The molecule has 0 spiro atoms. The van der Waals surface area contributed by atoms with Gasteiger partial charge in [0.05, 0.1) is 0 Å². The van der Waals surface area contributed by atoms with Crippen LogP contribution in [0.3, 0.4) is 0 Å². The Balaban J connectivity index is 1.82. The first-order valence-electron chi connectivity index (χ1n) is 8.78. The lowest BCUT2D eigenvalue weighted by molar-refractivity contribution is 0.109. The summed E-state index contributed by atoms with van der Waals surface area (Å²) in [4.78, 5) is 8.86. The average molecular weight is 336 g/mol. The molecule has 1 fully saturated rings. The van der Waals surface area contributed by atoms with Gasteiger partial charge < -0.3 is 9.80 Å². The van der Waals surface area contributed by atoms with Crippen LogP contribution in [0, 0.1) is 0 Å². The number of rotatable bonds is 8. The van der Waals surface area contributed by atoms with Gasteiger partial charge in [0.2, 0.25) is 0 Å². The minimum atomic E-state index is 0.717. The van der Waals surface area contributed by atoms with E-state index >= 15 is 0 Å². The highest BCUT2D eigenvalue weighted by Crippen LogP contribution is 2.20. The normalized spacial score (nSPS) is 19.7. The number of piperidine rings is 1. The van der Waals surface area contributed by atoms with E-state index in [1.54, 1.807) is 0 Å². The molecule has 1 aromatic carbocycles. The van der Waals surface area contributed by atoms with Crippen molar-refractivity contribution in [3.63, 3.8) is 0 Å². The second kappa shape index (κ2) is 9.67. The highest BCUT2D eigenvalue weighted by molar-refractivity contribution is 7.98. The molecule has 1 heterocycles. The minimum absolute atomic E-state index is 0.717. The third kappa shape index (κ3) is 6.46. The highest BCUT2D eigenvalue weighted by Gasteiger charge is 2.22. The molecule has 1 atom stereocenters. The maximum Gasteiger partial charge on any atom is 0.0234 e. The molecule has 23 heavy (non-hydrogen) atoms. The quantitative estimate of drug-likeness (QED) is 0.674. The molecule has 1 aliphatic heterocycles. The minimum Gasteiger partial charge on any atom is -0.309 e. The summed E-state index contributed by atoms with van der Waals surface area (Å²) in [6.07, 6.45) is 6.08. The molecule has 130 valence electrons. The molecule has 1 aromatic rings.